The zero-order valence-electron chi connectivity index (χ0n) is 16.8. The molecular weight excluding hydrogens is 422 g/mol. The van der Waals surface area contributed by atoms with Crippen LogP contribution in [0.25, 0.3) is 10.2 Å². The summed E-state index contributed by atoms with van der Waals surface area (Å²) >= 11 is 1.45. The molecule has 0 saturated carbocycles. The summed E-state index contributed by atoms with van der Waals surface area (Å²) in [6.45, 7) is 0.542. The van der Waals surface area contributed by atoms with Crippen molar-refractivity contribution in [3.8, 4) is 5.75 Å². The number of carbonyl (C=O) groups is 1. The summed E-state index contributed by atoms with van der Waals surface area (Å²) in [5.41, 5.74) is 1.02. The number of rotatable bonds is 4. The van der Waals surface area contributed by atoms with Crippen LogP contribution in [0.5, 0.6) is 5.75 Å². The molecule has 0 radical (unpaired) electrons. The number of methoxy groups -OCH3 is 1. The number of carbonyl (C=O) groups excluding carboxylic acids is 1. The first kappa shape index (κ1) is 20.8. The molecule has 1 aliphatic heterocycles. The third kappa shape index (κ3) is 3.92. The van der Waals surface area contributed by atoms with E-state index in [1.807, 2.05) is 35.9 Å². The second-order valence-electron chi connectivity index (χ2n) is 7.24. The van der Waals surface area contributed by atoms with Gasteiger partial charge in [0, 0.05) is 20.1 Å². The number of nitrogens with zero attached hydrogens (tertiary/aromatic N) is 3. The lowest BCUT2D eigenvalue weighted by atomic mass is 9.99. The van der Waals surface area contributed by atoms with E-state index in [0.717, 1.165) is 10.2 Å². The zero-order chi connectivity index (χ0) is 21.3. The number of thiazole rings is 1. The monoisotopic (exact) mass is 445 g/mol. The molecule has 7 nitrogen and oxygen atoms in total. The van der Waals surface area contributed by atoms with Crippen LogP contribution in [0.4, 0.5) is 0 Å². The van der Waals surface area contributed by atoms with E-state index in [9.17, 15) is 13.2 Å². The largest absolute Gasteiger partial charge is 0.497 e. The fourth-order valence-corrected chi connectivity index (χ4v) is 6.18. The lowest BCUT2D eigenvalue weighted by Crippen LogP contribution is -2.42. The number of aromatic nitrogens is 1. The highest BCUT2D eigenvalue weighted by Crippen LogP contribution is 2.26. The molecule has 1 fully saturated rings. The predicted molar refractivity (Wildman–Crippen MR) is 116 cm³/mol. The standard InChI is InChI=1S/C21H23N3O4S2/c1-23-18-7-3-4-8-19(18)29-21(23)22-20(25)15-6-5-13-24(14-15)30(26,27)17-11-9-16(28-2)10-12-17/h3-4,7-12,15H,5-6,13-14H2,1-2H3. The number of para-hydroxylation sites is 1. The Bertz CT molecular complexity index is 1240. The van der Waals surface area contributed by atoms with Crippen molar-refractivity contribution in [3.05, 3.63) is 53.3 Å². The molecule has 30 heavy (non-hydrogen) atoms. The van der Waals surface area contributed by atoms with E-state index in [1.54, 1.807) is 12.1 Å². The third-order valence-electron chi connectivity index (χ3n) is 5.35. The van der Waals surface area contributed by atoms with Gasteiger partial charge in [0.15, 0.2) is 4.80 Å². The fraction of sp³-hybridized carbons (Fsp3) is 0.333. The normalized spacial score (nSPS) is 18.6. The number of hydrogen-bond donors (Lipinski definition) is 0. The fourth-order valence-electron chi connectivity index (χ4n) is 3.63. The van der Waals surface area contributed by atoms with Gasteiger partial charge < -0.3 is 9.30 Å². The SMILES string of the molecule is COc1ccc(S(=O)(=O)N2CCCC(C(=O)N=c3sc4ccccc4n3C)C2)cc1. The molecular formula is C21H23N3O4S2. The average molecular weight is 446 g/mol. The Hall–Kier alpha value is -2.49. The van der Waals surface area contributed by atoms with Crippen molar-refractivity contribution < 1.29 is 17.9 Å². The second kappa shape index (κ2) is 8.33. The molecule has 158 valence electrons. The number of piperidine rings is 1. The van der Waals surface area contributed by atoms with Gasteiger partial charge >= 0.3 is 0 Å². The summed E-state index contributed by atoms with van der Waals surface area (Å²) in [7, 11) is -0.260. The van der Waals surface area contributed by atoms with E-state index in [0.29, 0.717) is 29.9 Å². The maximum absolute atomic E-state index is 13.0. The molecule has 1 atom stereocenters. The lowest BCUT2D eigenvalue weighted by molar-refractivity contribution is -0.122. The van der Waals surface area contributed by atoms with Crippen LogP contribution in [0.1, 0.15) is 12.8 Å². The Kier molecular flexibility index (Phi) is 5.77. The number of benzene rings is 2. The zero-order valence-corrected chi connectivity index (χ0v) is 18.4. The third-order valence-corrected chi connectivity index (χ3v) is 8.34. The van der Waals surface area contributed by atoms with Gasteiger partial charge in [-0.05, 0) is 49.2 Å². The molecule has 3 aromatic rings. The molecule has 2 heterocycles. The minimum absolute atomic E-state index is 0.144. The average Bonchev–Trinajstić information content (AvgIpc) is 3.09. The quantitative estimate of drug-likeness (QED) is 0.618. The van der Waals surface area contributed by atoms with Crippen molar-refractivity contribution in [2.45, 2.75) is 17.7 Å². The molecule has 1 aliphatic rings. The van der Waals surface area contributed by atoms with E-state index in [4.69, 9.17) is 4.74 Å². The van der Waals surface area contributed by atoms with Gasteiger partial charge in [-0.25, -0.2) is 8.42 Å². The van der Waals surface area contributed by atoms with Gasteiger partial charge in [0.25, 0.3) is 5.91 Å². The van der Waals surface area contributed by atoms with E-state index in [-0.39, 0.29) is 17.3 Å². The van der Waals surface area contributed by atoms with Gasteiger partial charge in [-0.15, -0.1) is 0 Å². The molecule has 1 aromatic heterocycles. The van der Waals surface area contributed by atoms with E-state index < -0.39 is 15.9 Å². The topological polar surface area (TPSA) is 81.0 Å². The number of amides is 1. The van der Waals surface area contributed by atoms with Gasteiger partial charge in [0.05, 0.1) is 28.1 Å². The number of fused-ring (bicyclic) bond motifs is 1. The molecule has 9 heteroatoms. The van der Waals surface area contributed by atoms with E-state index >= 15 is 0 Å². The van der Waals surface area contributed by atoms with Crippen molar-refractivity contribution in [1.82, 2.24) is 8.87 Å². The Morgan fingerprint density at radius 3 is 2.60 bits per heavy atom. The van der Waals surface area contributed by atoms with Gasteiger partial charge in [-0.3, -0.25) is 4.79 Å². The molecule has 1 saturated heterocycles. The maximum Gasteiger partial charge on any atom is 0.252 e. The van der Waals surface area contributed by atoms with Crippen LogP contribution in [0.3, 0.4) is 0 Å². The second-order valence-corrected chi connectivity index (χ2v) is 10.2. The van der Waals surface area contributed by atoms with Crippen LogP contribution in [0.2, 0.25) is 0 Å². The summed E-state index contributed by atoms with van der Waals surface area (Å²) < 4.78 is 35.5. The van der Waals surface area contributed by atoms with Gasteiger partial charge in [0.2, 0.25) is 10.0 Å². The van der Waals surface area contributed by atoms with E-state index in [2.05, 4.69) is 4.99 Å². The molecule has 0 bridgehead atoms. The molecule has 0 N–H and O–H groups in total. The summed E-state index contributed by atoms with van der Waals surface area (Å²) in [6.07, 6.45) is 1.26. The summed E-state index contributed by atoms with van der Waals surface area (Å²) in [4.78, 5) is 18.0. The molecule has 4 rings (SSSR count). The number of sulfonamides is 1. The predicted octanol–water partition coefficient (Wildman–Crippen LogP) is 2.78. The highest BCUT2D eigenvalue weighted by molar-refractivity contribution is 7.89. The Morgan fingerprint density at radius 2 is 1.90 bits per heavy atom. The summed E-state index contributed by atoms with van der Waals surface area (Å²) in [5, 5.41) is 0. The summed E-state index contributed by atoms with van der Waals surface area (Å²) in [5.74, 6) is -0.126. The maximum atomic E-state index is 13.0. The Balaban J connectivity index is 1.57. The van der Waals surface area contributed by atoms with Crippen molar-refractivity contribution in [3.63, 3.8) is 0 Å². The van der Waals surface area contributed by atoms with Gasteiger partial charge in [0.1, 0.15) is 5.75 Å². The smallest absolute Gasteiger partial charge is 0.252 e. The number of ether oxygens (including phenoxy) is 1. The first-order valence-electron chi connectivity index (χ1n) is 9.67. The Labute approximate surface area is 179 Å². The van der Waals surface area contributed by atoms with E-state index in [1.165, 1.54) is 34.9 Å². The molecule has 1 amide bonds. The first-order valence-corrected chi connectivity index (χ1v) is 11.9. The Morgan fingerprint density at radius 1 is 1.17 bits per heavy atom. The van der Waals surface area contributed by atoms with Crippen LogP contribution in [-0.2, 0) is 21.9 Å². The first-order chi connectivity index (χ1) is 14.4. The van der Waals surface area contributed by atoms with Crippen LogP contribution in [0, 0.1) is 5.92 Å². The number of aryl methyl sites for hydroxylation is 1. The van der Waals surface area contributed by atoms with Crippen LogP contribution >= 0.6 is 11.3 Å². The highest BCUT2D eigenvalue weighted by Gasteiger charge is 2.33. The number of hydrogen-bond acceptors (Lipinski definition) is 5. The molecule has 1 unspecified atom stereocenters. The van der Waals surface area contributed by atoms with Crippen molar-refractivity contribution in [2.75, 3.05) is 20.2 Å². The van der Waals surface area contributed by atoms with Crippen LogP contribution in [-0.4, -0.2) is 43.4 Å². The van der Waals surface area contributed by atoms with Crippen LogP contribution < -0.4 is 9.54 Å². The van der Waals surface area contributed by atoms with Crippen molar-refractivity contribution >= 4 is 37.5 Å². The van der Waals surface area contributed by atoms with Gasteiger partial charge in [-0.2, -0.15) is 9.30 Å². The molecule has 2 aromatic carbocycles. The minimum atomic E-state index is -3.67. The highest BCUT2D eigenvalue weighted by atomic mass is 32.2. The lowest BCUT2D eigenvalue weighted by Gasteiger charge is -2.30. The van der Waals surface area contributed by atoms with Crippen molar-refractivity contribution in [2.24, 2.45) is 18.0 Å². The van der Waals surface area contributed by atoms with Crippen LogP contribution in [0.15, 0.2) is 58.4 Å². The minimum Gasteiger partial charge on any atom is -0.497 e. The van der Waals surface area contributed by atoms with Gasteiger partial charge in [-0.1, -0.05) is 23.5 Å². The molecule has 0 spiro atoms. The van der Waals surface area contributed by atoms with Crippen molar-refractivity contribution in [1.29, 1.82) is 0 Å². The molecule has 0 aliphatic carbocycles. The summed E-state index contributed by atoms with van der Waals surface area (Å²) in [6, 6.07) is 14.2.